The van der Waals surface area contributed by atoms with Crippen molar-refractivity contribution in [3.05, 3.63) is 28.2 Å². The maximum absolute atomic E-state index is 12.2. The minimum atomic E-state index is 0.0188. The molecule has 2 rings (SSSR count). The Labute approximate surface area is 134 Å². The highest BCUT2D eigenvalue weighted by Crippen LogP contribution is 2.21. The molecule has 0 aliphatic carbocycles. The number of nitrogens with one attached hydrogen (secondary N) is 1. The van der Waals surface area contributed by atoms with Gasteiger partial charge in [0.25, 0.3) is 0 Å². The van der Waals surface area contributed by atoms with E-state index in [4.69, 9.17) is 5.11 Å². The van der Waals surface area contributed by atoms with Gasteiger partial charge in [0.05, 0.1) is 6.54 Å². The number of hydrogen-bond donors (Lipinski definition) is 2. The van der Waals surface area contributed by atoms with Crippen LogP contribution < -0.4 is 5.32 Å². The number of aliphatic hydroxyl groups is 1. The van der Waals surface area contributed by atoms with Gasteiger partial charge in [-0.05, 0) is 56.5 Å². The molecule has 0 radical (unpaired) electrons. The van der Waals surface area contributed by atoms with Crippen molar-refractivity contribution in [3.63, 3.8) is 0 Å². The van der Waals surface area contributed by atoms with Gasteiger partial charge < -0.3 is 10.4 Å². The second-order valence-electron chi connectivity index (χ2n) is 5.64. The third-order valence-corrected chi connectivity index (χ3v) is 4.51. The summed E-state index contributed by atoms with van der Waals surface area (Å²) in [5.41, 5.74) is 1.90. The average molecular weight is 355 g/mol. The Balaban J connectivity index is 1.93. The quantitative estimate of drug-likeness (QED) is 0.854. The van der Waals surface area contributed by atoms with Crippen molar-refractivity contribution >= 4 is 27.5 Å². The van der Waals surface area contributed by atoms with E-state index >= 15 is 0 Å². The van der Waals surface area contributed by atoms with E-state index in [-0.39, 0.29) is 12.5 Å². The Morgan fingerprint density at radius 2 is 2.29 bits per heavy atom. The van der Waals surface area contributed by atoms with E-state index in [1.807, 2.05) is 25.1 Å². The summed E-state index contributed by atoms with van der Waals surface area (Å²) in [5, 5.41) is 12.1. The number of aliphatic hydroxyl groups excluding tert-OH is 1. The van der Waals surface area contributed by atoms with E-state index in [1.165, 1.54) is 6.42 Å². The fourth-order valence-corrected chi connectivity index (χ4v) is 3.36. The molecule has 0 saturated carbocycles. The zero-order chi connectivity index (χ0) is 15.2. The highest BCUT2D eigenvalue weighted by Gasteiger charge is 2.23. The van der Waals surface area contributed by atoms with Gasteiger partial charge in [0, 0.05) is 22.8 Å². The highest BCUT2D eigenvalue weighted by molar-refractivity contribution is 9.10. The lowest BCUT2D eigenvalue weighted by atomic mass is 9.99. The second-order valence-corrected chi connectivity index (χ2v) is 6.56. The second kappa shape index (κ2) is 7.92. The molecule has 1 atom stereocenters. The first-order valence-corrected chi connectivity index (χ1v) is 8.30. The van der Waals surface area contributed by atoms with Crippen LogP contribution in [0.2, 0.25) is 0 Å². The third-order valence-electron chi connectivity index (χ3n) is 4.02. The van der Waals surface area contributed by atoms with Crippen LogP contribution in [0.15, 0.2) is 22.7 Å². The van der Waals surface area contributed by atoms with Crippen LogP contribution in [0.3, 0.4) is 0 Å². The summed E-state index contributed by atoms with van der Waals surface area (Å²) < 4.78 is 1.01. The summed E-state index contributed by atoms with van der Waals surface area (Å²) in [4.78, 5) is 14.4. The molecule has 1 heterocycles. The summed E-state index contributed by atoms with van der Waals surface area (Å²) in [5.74, 6) is 0.0188. The Bertz CT molecular complexity index is 491. The molecule has 1 aromatic carbocycles. The zero-order valence-electron chi connectivity index (χ0n) is 12.4. The van der Waals surface area contributed by atoms with Crippen LogP contribution >= 0.6 is 15.9 Å². The highest BCUT2D eigenvalue weighted by atomic mass is 79.9. The number of likely N-dealkylation sites (tertiary alicyclic amines) is 1. The number of amides is 1. The third kappa shape index (κ3) is 4.80. The molecule has 116 valence electrons. The van der Waals surface area contributed by atoms with E-state index in [9.17, 15) is 4.79 Å². The maximum atomic E-state index is 12.2. The number of benzene rings is 1. The lowest BCUT2D eigenvalue weighted by Crippen LogP contribution is -2.44. The molecular formula is C16H23BrN2O2. The van der Waals surface area contributed by atoms with Gasteiger partial charge in [-0.3, -0.25) is 9.69 Å². The normalized spacial score (nSPS) is 19.5. The molecule has 1 aromatic rings. The monoisotopic (exact) mass is 354 g/mol. The van der Waals surface area contributed by atoms with E-state index < -0.39 is 0 Å². The van der Waals surface area contributed by atoms with Crippen LogP contribution in [0.4, 0.5) is 5.69 Å². The van der Waals surface area contributed by atoms with Crippen LogP contribution in [0.5, 0.6) is 0 Å². The van der Waals surface area contributed by atoms with Gasteiger partial charge in [-0.15, -0.1) is 0 Å². The lowest BCUT2D eigenvalue weighted by molar-refractivity contribution is -0.118. The molecule has 1 aliphatic rings. The van der Waals surface area contributed by atoms with Crippen LogP contribution in [0.25, 0.3) is 0 Å². The Hall–Kier alpha value is -0.910. The largest absolute Gasteiger partial charge is 0.396 e. The molecule has 4 nitrogen and oxygen atoms in total. The van der Waals surface area contributed by atoms with Gasteiger partial charge >= 0.3 is 0 Å². The summed E-state index contributed by atoms with van der Waals surface area (Å²) in [6.07, 6.45) is 4.15. The lowest BCUT2D eigenvalue weighted by Gasteiger charge is -2.34. The predicted molar refractivity (Wildman–Crippen MR) is 88.4 cm³/mol. The number of rotatable bonds is 5. The SMILES string of the molecule is Cc1cc(Br)ccc1NC(=O)CN1CCCCC1CCO. The van der Waals surface area contributed by atoms with E-state index in [2.05, 4.69) is 26.1 Å². The number of hydrogen-bond acceptors (Lipinski definition) is 3. The molecule has 0 spiro atoms. The molecule has 1 aliphatic heterocycles. The van der Waals surface area contributed by atoms with Crippen molar-refractivity contribution < 1.29 is 9.90 Å². The van der Waals surface area contributed by atoms with E-state index in [1.54, 1.807) is 0 Å². The number of carbonyl (C=O) groups excluding carboxylic acids is 1. The van der Waals surface area contributed by atoms with Gasteiger partial charge in [0.2, 0.25) is 5.91 Å². The van der Waals surface area contributed by atoms with Gasteiger partial charge in [0.1, 0.15) is 0 Å². The van der Waals surface area contributed by atoms with Gasteiger partial charge in [-0.25, -0.2) is 0 Å². The van der Waals surface area contributed by atoms with Gasteiger partial charge in [0.15, 0.2) is 0 Å². The Morgan fingerprint density at radius 3 is 3.00 bits per heavy atom. The van der Waals surface area contributed by atoms with Crippen molar-refractivity contribution in [3.8, 4) is 0 Å². The van der Waals surface area contributed by atoms with E-state index in [0.29, 0.717) is 12.6 Å². The minimum absolute atomic E-state index is 0.0188. The first-order valence-electron chi connectivity index (χ1n) is 7.51. The molecule has 0 aromatic heterocycles. The number of piperidine rings is 1. The molecule has 1 fully saturated rings. The Morgan fingerprint density at radius 1 is 1.48 bits per heavy atom. The summed E-state index contributed by atoms with van der Waals surface area (Å²) >= 11 is 3.42. The number of halogens is 1. The fraction of sp³-hybridized carbons (Fsp3) is 0.562. The topological polar surface area (TPSA) is 52.6 Å². The van der Waals surface area contributed by atoms with Gasteiger partial charge in [-0.1, -0.05) is 22.4 Å². The molecule has 1 amide bonds. The van der Waals surface area contributed by atoms with Gasteiger partial charge in [-0.2, -0.15) is 0 Å². The summed E-state index contributed by atoms with van der Waals surface area (Å²) in [6.45, 7) is 3.52. The van der Waals surface area contributed by atoms with Crippen molar-refractivity contribution in [2.24, 2.45) is 0 Å². The van der Waals surface area contributed by atoms with Crippen LogP contribution in [0, 0.1) is 6.92 Å². The number of anilines is 1. The molecular weight excluding hydrogens is 332 g/mol. The van der Waals surface area contributed by atoms with Crippen molar-refractivity contribution in [2.75, 3.05) is 25.0 Å². The Kier molecular flexibility index (Phi) is 6.21. The molecule has 2 N–H and O–H groups in total. The average Bonchev–Trinajstić information content (AvgIpc) is 2.44. The maximum Gasteiger partial charge on any atom is 0.238 e. The number of aryl methyl sites for hydroxylation is 1. The first-order chi connectivity index (χ1) is 10.1. The predicted octanol–water partition coefficient (Wildman–Crippen LogP) is 2.93. The fourth-order valence-electron chi connectivity index (χ4n) is 2.89. The molecule has 1 saturated heterocycles. The standard InChI is InChI=1S/C16H23BrN2O2/c1-12-10-13(17)5-6-15(12)18-16(21)11-19-8-3-2-4-14(19)7-9-20/h5-6,10,14,20H,2-4,7-9,11H2,1H3,(H,18,21). The first kappa shape index (κ1) is 16.5. The number of nitrogens with zero attached hydrogens (tertiary/aromatic N) is 1. The number of carbonyl (C=O) groups is 1. The molecule has 0 bridgehead atoms. The van der Waals surface area contributed by atoms with E-state index in [0.717, 1.165) is 41.5 Å². The summed E-state index contributed by atoms with van der Waals surface area (Å²) in [6, 6.07) is 6.17. The van der Waals surface area contributed by atoms with Crippen molar-refractivity contribution in [1.82, 2.24) is 4.90 Å². The van der Waals surface area contributed by atoms with Crippen LogP contribution in [-0.4, -0.2) is 41.7 Å². The minimum Gasteiger partial charge on any atom is -0.396 e. The van der Waals surface area contributed by atoms with Crippen LogP contribution in [0.1, 0.15) is 31.2 Å². The summed E-state index contributed by atoms with van der Waals surface area (Å²) in [7, 11) is 0. The molecule has 1 unspecified atom stereocenters. The van der Waals surface area contributed by atoms with Crippen LogP contribution in [-0.2, 0) is 4.79 Å². The van der Waals surface area contributed by atoms with Crippen molar-refractivity contribution in [1.29, 1.82) is 0 Å². The smallest absolute Gasteiger partial charge is 0.238 e. The van der Waals surface area contributed by atoms with Crippen molar-refractivity contribution in [2.45, 2.75) is 38.6 Å². The molecule has 21 heavy (non-hydrogen) atoms. The molecule has 5 heteroatoms. The zero-order valence-corrected chi connectivity index (χ0v) is 14.0.